The second kappa shape index (κ2) is 36.6. The molecule has 0 atom stereocenters. The Morgan fingerprint density at radius 2 is 0.558 bits per heavy atom. The number of azo groups is 4. The zero-order valence-electron chi connectivity index (χ0n) is 52.0. The fourth-order valence-corrected chi connectivity index (χ4v) is 9.21. The number of rotatable bonds is 22. The summed E-state index contributed by atoms with van der Waals surface area (Å²) in [6.45, 7) is 20.9. The molecular weight excluding hydrogens is 1060 g/mol. The van der Waals surface area contributed by atoms with Gasteiger partial charge < -0.3 is 45.9 Å². The van der Waals surface area contributed by atoms with E-state index in [9.17, 15) is 0 Å². The molecule has 0 heterocycles. The van der Waals surface area contributed by atoms with E-state index in [1.54, 1.807) is 0 Å². The number of benzene rings is 8. The highest BCUT2D eigenvalue weighted by molar-refractivity contribution is 5.54. The molecule has 0 saturated heterocycles. The van der Waals surface area contributed by atoms with Gasteiger partial charge in [0, 0.05) is 52.4 Å². The third-order valence-electron chi connectivity index (χ3n) is 14.6. The van der Waals surface area contributed by atoms with E-state index in [0.29, 0.717) is 52.4 Å². The number of nitrogens with two attached hydrogens (primary N) is 8. The summed E-state index contributed by atoms with van der Waals surface area (Å²) < 4.78 is 0. The average Bonchev–Trinajstić information content (AvgIpc) is 3.60. The van der Waals surface area contributed by atoms with Crippen molar-refractivity contribution in [2.24, 2.45) is 86.8 Å². The summed E-state index contributed by atoms with van der Waals surface area (Å²) in [5, 5.41) is 35.0. The molecular formula is C70H92N16. The molecule has 0 saturated carbocycles. The van der Waals surface area contributed by atoms with Gasteiger partial charge in [0.2, 0.25) is 0 Å². The molecule has 0 aliphatic heterocycles. The number of nitrogens with zero attached hydrogens (tertiary/aromatic N) is 8. The van der Waals surface area contributed by atoms with E-state index in [2.05, 4.69) is 131 Å². The van der Waals surface area contributed by atoms with Gasteiger partial charge in [0.15, 0.2) is 0 Å². The predicted molar refractivity (Wildman–Crippen MR) is 357 cm³/mol. The molecule has 0 radical (unpaired) electrons. The minimum Gasteiger partial charge on any atom is -0.326 e. The zero-order valence-corrected chi connectivity index (χ0v) is 52.0. The van der Waals surface area contributed by atoms with Gasteiger partial charge in [-0.25, -0.2) is 0 Å². The molecule has 0 aliphatic rings. The van der Waals surface area contributed by atoms with Crippen LogP contribution in [0.1, 0.15) is 131 Å². The van der Waals surface area contributed by atoms with Gasteiger partial charge in [-0.15, -0.1) is 0 Å². The van der Waals surface area contributed by atoms with E-state index in [-0.39, 0.29) is 0 Å². The second-order valence-electron chi connectivity index (χ2n) is 20.6. The first-order chi connectivity index (χ1) is 41.7. The summed E-state index contributed by atoms with van der Waals surface area (Å²) in [6, 6.07) is 48.6. The smallest absolute Gasteiger partial charge is 0.0892 e. The molecule has 0 aliphatic carbocycles. The predicted octanol–water partition coefficient (Wildman–Crippen LogP) is 16.1. The highest BCUT2D eigenvalue weighted by Crippen LogP contribution is 2.30. The lowest BCUT2D eigenvalue weighted by molar-refractivity contribution is 0.996. The summed E-state index contributed by atoms with van der Waals surface area (Å²) >= 11 is 0. The molecule has 16 heteroatoms. The number of hydrogen-bond donors (Lipinski definition) is 8. The average molecular weight is 1160 g/mol. The minimum atomic E-state index is 0.507. The van der Waals surface area contributed by atoms with Crippen molar-refractivity contribution in [3.8, 4) is 0 Å². The third-order valence-corrected chi connectivity index (χ3v) is 14.6. The molecule has 16 N–H and O–H groups in total. The molecule has 0 spiro atoms. The van der Waals surface area contributed by atoms with Crippen LogP contribution < -0.4 is 45.9 Å². The van der Waals surface area contributed by atoms with E-state index in [4.69, 9.17) is 45.9 Å². The Morgan fingerprint density at radius 1 is 0.221 bits per heavy atom. The maximum absolute atomic E-state index is 5.79. The van der Waals surface area contributed by atoms with Crippen LogP contribution in [0.5, 0.6) is 0 Å². The molecule has 8 aromatic carbocycles. The monoisotopic (exact) mass is 1160 g/mol. The van der Waals surface area contributed by atoms with Crippen molar-refractivity contribution in [3.63, 3.8) is 0 Å². The molecule has 0 fully saturated rings. The first-order valence-electron chi connectivity index (χ1n) is 29.9. The van der Waals surface area contributed by atoms with Crippen LogP contribution in [-0.4, -0.2) is 0 Å². The first kappa shape index (κ1) is 68.6. The quantitative estimate of drug-likeness (QED) is 0.0301. The standard InChI is InChI=1S/3C18H24N4.C16H20N4/c1-3-13-5-15(11-19)9-17(7-13)21-22-18-8-14(4-2)6-16(10-18)12-20;1-3-15-7-5-13(11-19)9-17(15)21-22-18-10-14(12-20)6-8-16(18)4-2;1-3-13-5-7-17(9-15(13)11-19)21-22-18-8-6-14(4-2)16(10-18)12-20;1-11-3-4-14(10-18)8-16(11)20-19-15-6-5-13(9-17)7-12(15)2/h3*5-10H,3-4,11-12,19-20H2,1-2H3;3-8H,9-10,17-18H2,1-2H3. The van der Waals surface area contributed by atoms with Crippen LogP contribution in [-0.2, 0) is 90.9 Å². The third kappa shape index (κ3) is 21.1. The van der Waals surface area contributed by atoms with E-state index in [0.717, 1.165) is 140 Å². The molecule has 8 rings (SSSR count). The van der Waals surface area contributed by atoms with Crippen LogP contribution in [0, 0.1) is 13.8 Å². The SMILES string of the molecule is CCc1cc(CN)cc(N=Nc2cc(CC)cc(CN)c2)c1.CCc1ccc(CN)cc1N=Nc1cc(CN)ccc1CC.CCc1ccc(N=Nc2ccc(CC)c(CN)c2)cc1CN.Cc1cc(CN)ccc1N=Nc1cc(CN)ccc1C. The van der Waals surface area contributed by atoms with Gasteiger partial charge in [0.1, 0.15) is 0 Å². The molecule has 0 amide bonds. The fourth-order valence-electron chi connectivity index (χ4n) is 9.21. The molecule has 8 aromatic rings. The lowest BCUT2D eigenvalue weighted by atomic mass is 10.0. The molecule has 16 nitrogen and oxygen atoms in total. The second-order valence-corrected chi connectivity index (χ2v) is 20.6. The largest absolute Gasteiger partial charge is 0.326 e. The number of aryl methyl sites for hydroxylation is 8. The van der Waals surface area contributed by atoms with Crippen molar-refractivity contribution >= 4 is 45.5 Å². The summed E-state index contributed by atoms with van der Waals surface area (Å²) in [5.41, 5.74) is 70.8. The number of hydrogen-bond acceptors (Lipinski definition) is 16. The Balaban J connectivity index is 0.000000209. The highest BCUT2D eigenvalue weighted by Gasteiger charge is 2.08. The van der Waals surface area contributed by atoms with Crippen LogP contribution in [0.4, 0.5) is 45.5 Å². The van der Waals surface area contributed by atoms with Gasteiger partial charge in [-0.1, -0.05) is 114 Å². The Hall–Kier alpha value is -8.16. The maximum atomic E-state index is 5.79. The van der Waals surface area contributed by atoms with Crippen molar-refractivity contribution in [3.05, 3.63) is 235 Å². The van der Waals surface area contributed by atoms with E-state index in [1.807, 2.05) is 111 Å². The summed E-state index contributed by atoms with van der Waals surface area (Å²) in [5.74, 6) is 0. The molecule has 86 heavy (non-hydrogen) atoms. The molecule has 0 aromatic heterocycles. The summed E-state index contributed by atoms with van der Waals surface area (Å²) in [4.78, 5) is 0. The van der Waals surface area contributed by atoms with Gasteiger partial charge in [0.05, 0.1) is 45.5 Å². The van der Waals surface area contributed by atoms with Crippen LogP contribution in [0.25, 0.3) is 0 Å². The lowest BCUT2D eigenvalue weighted by Gasteiger charge is -2.07. The Kier molecular flexibility index (Phi) is 29.2. The van der Waals surface area contributed by atoms with Gasteiger partial charge in [0.25, 0.3) is 0 Å². The van der Waals surface area contributed by atoms with Crippen molar-refractivity contribution in [1.82, 2.24) is 0 Å². The van der Waals surface area contributed by atoms with Crippen molar-refractivity contribution in [2.45, 2.75) is 146 Å². The summed E-state index contributed by atoms with van der Waals surface area (Å²) in [7, 11) is 0. The minimum absolute atomic E-state index is 0.507. The topological polar surface area (TPSA) is 307 Å². The Morgan fingerprint density at radius 3 is 0.942 bits per heavy atom. The molecule has 0 unspecified atom stereocenters. The molecule has 0 bridgehead atoms. The van der Waals surface area contributed by atoms with Gasteiger partial charge in [-0.2, -0.15) is 40.9 Å². The van der Waals surface area contributed by atoms with Crippen LogP contribution in [0.15, 0.2) is 187 Å². The van der Waals surface area contributed by atoms with Crippen LogP contribution >= 0.6 is 0 Å². The van der Waals surface area contributed by atoms with Gasteiger partial charge in [-0.05, 0) is 214 Å². The van der Waals surface area contributed by atoms with Gasteiger partial charge >= 0.3 is 0 Å². The van der Waals surface area contributed by atoms with Gasteiger partial charge in [-0.3, -0.25) is 0 Å². The van der Waals surface area contributed by atoms with Crippen LogP contribution in [0.3, 0.4) is 0 Å². The van der Waals surface area contributed by atoms with E-state index in [1.165, 1.54) is 33.4 Å². The molecule has 452 valence electrons. The van der Waals surface area contributed by atoms with E-state index < -0.39 is 0 Å². The summed E-state index contributed by atoms with van der Waals surface area (Å²) in [6.07, 6.45) is 5.70. The fraction of sp³-hybridized carbons (Fsp3) is 0.314. The first-order valence-corrected chi connectivity index (χ1v) is 29.9. The van der Waals surface area contributed by atoms with Crippen molar-refractivity contribution < 1.29 is 0 Å². The normalized spacial score (nSPS) is 11.3. The Bertz CT molecular complexity index is 3330. The van der Waals surface area contributed by atoms with Crippen molar-refractivity contribution in [1.29, 1.82) is 0 Å². The Labute approximate surface area is 510 Å². The van der Waals surface area contributed by atoms with Crippen molar-refractivity contribution in [2.75, 3.05) is 0 Å². The zero-order chi connectivity index (χ0) is 62.4. The maximum Gasteiger partial charge on any atom is 0.0892 e. The van der Waals surface area contributed by atoms with Crippen LogP contribution in [0.2, 0.25) is 0 Å². The lowest BCUT2D eigenvalue weighted by Crippen LogP contribution is -2.00. The van der Waals surface area contributed by atoms with E-state index >= 15 is 0 Å². The highest BCUT2D eigenvalue weighted by atomic mass is 15.1.